The van der Waals surface area contributed by atoms with Gasteiger partial charge in [0.1, 0.15) is 11.6 Å². The molecule has 1 aromatic carbocycles. The van der Waals surface area contributed by atoms with Gasteiger partial charge in [0.25, 0.3) is 0 Å². The molecule has 0 bridgehead atoms. The standard InChI is InChI=1S/C9H9Br2FO/c1-2-13-9-4-7(11)8(12)3-6(9)5-10/h3-4H,2,5H2,1H3. The molecule has 1 aromatic rings. The fourth-order valence-electron chi connectivity index (χ4n) is 0.964. The Labute approximate surface area is 93.5 Å². The van der Waals surface area contributed by atoms with E-state index in [4.69, 9.17) is 4.74 Å². The van der Waals surface area contributed by atoms with Crippen molar-refractivity contribution in [2.45, 2.75) is 12.3 Å². The van der Waals surface area contributed by atoms with Gasteiger partial charge in [-0.25, -0.2) is 4.39 Å². The average molecular weight is 312 g/mol. The van der Waals surface area contributed by atoms with Crippen LogP contribution in [0.25, 0.3) is 0 Å². The monoisotopic (exact) mass is 310 g/mol. The minimum atomic E-state index is -0.266. The molecule has 0 saturated heterocycles. The van der Waals surface area contributed by atoms with E-state index >= 15 is 0 Å². The smallest absolute Gasteiger partial charge is 0.137 e. The van der Waals surface area contributed by atoms with E-state index in [1.54, 1.807) is 6.07 Å². The van der Waals surface area contributed by atoms with Crippen LogP contribution in [0.4, 0.5) is 4.39 Å². The predicted molar refractivity (Wildman–Crippen MR) is 57.9 cm³/mol. The van der Waals surface area contributed by atoms with Gasteiger partial charge in [-0.15, -0.1) is 0 Å². The van der Waals surface area contributed by atoms with E-state index in [2.05, 4.69) is 31.9 Å². The number of halogens is 3. The number of benzene rings is 1. The molecule has 1 nitrogen and oxygen atoms in total. The van der Waals surface area contributed by atoms with Crippen LogP contribution in [0.3, 0.4) is 0 Å². The summed E-state index contributed by atoms with van der Waals surface area (Å²) in [5.74, 6) is 0.450. The Morgan fingerprint density at radius 3 is 2.69 bits per heavy atom. The molecule has 0 atom stereocenters. The van der Waals surface area contributed by atoms with Crippen LogP contribution in [0.15, 0.2) is 16.6 Å². The molecule has 1 rings (SSSR count). The molecular weight excluding hydrogens is 303 g/mol. The highest BCUT2D eigenvalue weighted by molar-refractivity contribution is 9.10. The average Bonchev–Trinajstić information content (AvgIpc) is 2.11. The van der Waals surface area contributed by atoms with Gasteiger partial charge in [0.15, 0.2) is 0 Å². The SMILES string of the molecule is CCOc1cc(Br)c(F)cc1CBr. The summed E-state index contributed by atoms with van der Waals surface area (Å²) in [5, 5.41) is 0.590. The van der Waals surface area contributed by atoms with Crippen molar-refractivity contribution in [1.29, 1.82) is 0 Å². The van der Waals surface area contributed by atoms with Crippen molar-refractivity contribution in [3.8, 4) is 5.75 Å². The molecule has 0 aliphatic rings. The minimum Gasteiger partial charge on any atom is -0.494 e. The lowest BCUT2D eigenvalue weighted by molar-refractivity contribution is 0.336. The van der Waals surface area contributed by atoms with E-state index in [0.717, 1.165) is 5.56 Å². The van der Waals surface area contributed by atoms with Gasteiger partial charge in [-0.1, -0.05) is 15.9 Å². The third kappa shape index (κ3) is 2.68. The first-order chi connectivity index (χ1) is 6.19. The summed E-state index contributed by atoms with van der Waals surface area (Å²) in [5.41, 5.74) is 0.822. The third-order valence-electron chi connectivity index (χ3n) is 1.55. The fourth-order valence-corrected chi connectivity index (χ4v) is 1.72. The topological polar surface area (TPSA) is 9.23 Å². The molecule has 72 valence electrons. The number of hydrogen-bond acceptors (Lipinski definition) is 1. The van der Waals surface area contributed by atoms with Gasteiger partial charge in [-0.05, 0) is 35.0 Å². The van der Waals surface area contributed by atoms with Crippen LogP contribution >= 0.6 is 31.9 Å². The van der Waals surface area contributed by atoms with E-state index in [-0.39, 0.29) is 5.82 Å². The van der Waals surface area contributed by atoms with Gasteiger partial charge in [0.2, 0.25) is 0 Å². The van der Waals surface area contributed by atoms with Crippen molar-refractivity contribution < 1.29 is 9.13 Å². The maximum absolute atomic E-state index is 13.1. The van der Waals surface area contributed by atoms with Crippen LogP contribution in [-0.4, -0.2) is 6.61 Å². The normalized spacial score (nSPS) is 10.2. The van der Waals surface area contributed by atoms with Crippen LogP contribution in [0.1, 0.15) is 12.5 Å². The van der Waals surface area contributed by atoms with Gasteiger partial charge in [-0.3, -0.25) is 0 Å². The van der Waals surface area contributed by atoms with Crippen LogP contribution in [-0.2, 0) is 5.33 Å². The van der Waals surface area contributed by atoms with Gasteiger partial charge in [0, 0.05) is 10.9 Å². The molecule has 0 saturated carbocycles. The highest BCUT2D eigenvalue weighted by Crippen LogP contribution is 2.28. The molecule has 4 heteroatoms. The quantitative estimate of drug-likeness (QED) is 0.770. The maximum Gasteiger partial charge on any atom is 0.137 e. The summed E-state index contributed by atoms with van der Waals surface area (Å²) in [6, 6.07) is 3.11. The molecule has 0 heterocycles. The van der Waals surface area contributed by atoms with Crippen molar-refractivity contribution in [2.24, 2.45) is 0 Å². The molecule has 0 amide bonds. The Kier molecular flexibility index (Phi) is 4.19. The van der Waals surface area contributed by atoms with Crippen LogP contribution in [0.5, 0.6) is 5.75 Å². The van der Waals surface area contributed by atoms with Gasteiger partial charge in [-0.2, -0.15) is 0 Å². The van der Waals surface area contributed by atoms with Crippen molar-refractivity contribution in [3.05, 3.63) is 28.0 Å². The first-order valence-electron chi connectivity index (χ1n) is 3.85. The third-order valence-corrected chi connectivity index (χ3v) is 2.76. The van der Waals surface area contributed by atoms with Crippen molar-refractivity contribution in [3.63, 3.8) is 0 Å². The summed E-state index contributed by atoms with van der Waals surface area (Å²) in [7, 11) is 0. The molecule has 0 radical (unpaired) electrons. The highest BCUT2D eigenvalue weighted by Gasteiger charge is 2.07. The minimum absolute atomic E-state index is 0.266. The molecule has 0 aliphatic heterocycles. The van der Waals surface area contributed by atoms with Crippen molar-refractivity contribution >= 4 is 31.9 Å². The zero-order chi connectivity index (χ0) is 9.84. The second kappa shape index (κ2) is 4.96. The summed E-state index contributed by atoms with van der Waals surface area (Å²) in [6.07, 6.45) is 0. The Hall–Kier alpha value is -0.0900. The summed E-state index contributed by atoms with van der Waals surface area (Å²) < 4.78 is 18.8. The molecule has 0 aromatic heterocycles. The second-order valence-electron chi connectivity index (χ2n) is 2.44. The Morgan fingerprint density at radius 2 is 2.15 bits per heavy atom. The molecule has 0 N–H and O–H groups in total. The van der Waals surface area contributed by atoms with E-state index in [1.807, 2.05) is 6.92 Å². The Morgan fingerprint density at radius 1 is 1.46 bits per heavy atom. The number of ether oxygens (including phenoxy) is 1. The van der Waals surface area contributed by atoms with E-state index in [9.17, 15) is 4.39 Å². The van der Waals surface area contributed by atoms with Crippen molar-refractivity contribution in [2.75, 3.05) is 6.61 Å². The number of rotatable bonds is 3. The maximum atomic E-state index is 13.1. The molecule has 0 unspecified atom stereocenters. The van der Waals surface area contributed by atoms with Gasteiger partial charge < -0.3 is 4.74 Å². The van der Waals surface area contributed by atoms with Gasteiger partial charge >= 0.3 is 0 Å². The molecule has 0 spiro atoms. The first kappa shape index (κ1) is 11.0. The number of alkyl halides is 1. The zero-order valence-electron chi connectivity index (χ0n) is 7.11. The van der Waals surface area contributed by atoms with E-state index < -0.39 is 0 Å². The predicted octanol–water partition coefficient (Wildman–Crippen LogP) is 3.88. The summed E-state index contributed by atoms with van der Waals surface area (Å²) in [4.78, 5) is 0. The Bertz CT molecular complexity index is 302. The Balaban J connectivity index is 3.09. The van der Waals surface area contributed by atoms with Crippen LogP contribution in [0.2, 0.25) is 0 Å². The van der Waals surface area contributed by atoms with Crippen LogP contribution < -0.4 is 4.74 Å². The molecule has 0 fully saturated rings. The zero-order valence-corrected chi connectivity index (χ0v) is 10.3. The molecular formula is C9H9Br2FO. The first-order valence-corrected chi connectivity index (χ1v) is 5.77. The van der Waals surface area contributed by atoms with Crippen LogP contribution in [0, 0.1) is 5.82 Å². The summed E-state index contributed by atoms with van der Waals surface area (Å²) in [6.45, 7) is 2.48. The lowest BCUT2D eigenvalue weighted by Crippen LogP contribution is -1.96. The lowest BCUT2D eigenvalue weighted by Gasteiger charge is -2.08. The summed E-state index contributed by atoms with van der Waals surface area (Å²) >= 11 is 6.38. The largest absolute Gasteiger partial charge is 0.494 e. The van der Waals surface area contributed by atoms with E-state index in [0.29, 0.717) is 22.2 Å². The molecule has 0 aliphatic carbocycles. The second-order valence-corrected chi connectivity index (χ2v) is 3.86. The molecule has 13 heavy (non-hydrogen) atoms. The lowest BCUT2D eigenvalue weighted by atomic mass is 10.2. The van der Waals surface area contributed by atoms with Gasteiger partial charge in [0.05, 0.1) is 11.1 Å². The fraction of sp³-hybridized carbons (Fsp3) is 0.333. The van der Waals surface area contributed by atoms with Crippen molar-refractivity contribution in [1.82, 2.24) is 0 Å². The highest BCUT2D eigenvalue weighted by atomic mass is 79.9. The van der Waals surface area contributed by atoms with E-state index in [1.165, 1.54) is 6.07 Å². The number of hydrogen-bond donors (Lipinski definition) is 0.